The maximum absolute atomic E-state index is 5.50. The second-order valence-electron chi connectivity index (χ2n) is 2.07. The molecule has 0 bridgehead atoms. The van der Waals surface area contributed by atoms with E-state index >= 15 is 0 Å². The lowest BCUT2D eigenvalue weighted by Crippen LogP contribution is -2.17. The van der Waals surface area contributed by atoms with Crippen molar-refractivity contribution in [3.8, 4) is 0 Å². The van der Waals surface area contributed by atoms with Crippen molar-refractivity contribution in [1.82, 2.24) is 5.43 Å². The van der Waals surface area contributed by atoms with E-state index in [0.717, 1.165) is 18.4 Å². The summed E-state index contributed by atoms with van der Waals surface area (Å²) in [7, 11) is 1.71. The van der Waals surface area contributed by atoms with Crippen LogP contribution in [0.5, 0.6) is 0 Å². The molecule has 0 aliphatic rings. The molecule has 0 aromatic rings. The van der Waals surface area contributed by atoms with Crippen LogP contribution in [0.15, 0.2) is 17.3 Å². The molecule has 3 nitrogen and oxygen atoms in total. The number of hydrogen-bond acceptors (Lipinski definition) is 2. The van der Waals surface area contributed by atoms with Crippen molar-refractivity contribution < 1.29 is 0 Å². The topological polar surface area (TPSA) is 50.4 Å². The summed E-state index contributed by atoms with van der Waals surface area (Å²) < 4.78 is 0. The molecule has 3 heteroatoms. The smallest absolute Gasteiger partial charge is 0.145 e. The maximum Gasteiger partial charge on any atom is 0.145 e. The SMILES string of the molecule is C=C(CCC)/C(N)=N/NC. The summed E-state index contributed by atoms with van der Waals surface area (Å²) in [5.74, 6) is 0.504. The van der Waals surface area contributed by atoms with Gasteiger partial charge in [0, 0.05) is 7.05 Å². The van der Waals surface area contributed by atoms with Crippen LogP contribution >= 0.6 is 0 Å². The minimum Gasteiger partial charge on any atom is -0.382 e. The van der Waals surface area contributed by atoms with Crippen LogP contribution in [0, 0.1) is 0 Å². The van der Waals surface area contributed by atoms with Crippen molar-refractivity contribution in [2.45, 2.75) is 19.8 Å². The van der Waals surface area contributed by atoms with Crippen LogP contribution in [0.4, 0.5) is 0 Å². The van der Waals surface area contributed by atoms with E-state index in [1.54, 1.807) is 7.05 Å². The minimum absolute atomic E-state index is 0.504. The van der Waals surface area contributed by atoms with Crippen LogP contribution in [0.3, 0.4) is 0 Å². The molecule has 0 rings (SSSR count). The molecular formula is C7H15N3. The van der Waals surface area contributed by atoms with Gasteiger partial charge in [0.2, 0.25) is 0 Å². The Morgan fingerprint density at radius 3 is 2.70 bits per heavy atom. The Morgan fingerprint density at radius 2 is 2.30 bits per heavy atom. The van der Waals surface area contributed by atoms with Gasteiger partial charge in [0.15, 0.2) is 0 Å². The summed E-state index contributed by atoms with van der Waals surface area (Å²) in [6.07, 6.45) is 1.97. The molecular weight excluding hydrogens is 126 g/mol. The fourth-order valence-electron chi connectivity index (χ4n) is 0.629. The summed E-state index contributed by atoms with van der Waals surface area (Å²) in [6, 6.07) is 0. The van der Waals surface area contributed by atoms with Crippen LogP contribution < -0.4 is 11.2 Å². The van der Waals surface area contributed by atoms with E-state index in [0.29, 0.717) is 5.84 Å². The van der Waals surface area contributed by atoms with Gasteiger partial charge in [-0.15, -0.1) is 0 Å². The lowest BCUT2D eigenvalue weighted by molar-refractivity contribution is 0.882. The Balaban J connectivity index is 3.82. The average molecular weight is 141 g/mol. The number of nitrogens with one attached hydrogen (secondary N) is 1. The van der Waals surface area contributed by atoms with Crippen molar-refractivity contribution in [3.05, 3.63) is 12.2 Å². The van der Waals surface area contributed by atoms with Crippen LogP contribution in [0.1, 0.15) is 19.8 Å². The molecule has 0 atom stereocenters. The van der Waals surface area contributed by atoms with E-state index in [1.807, 2.05) is 0 Å². The Morgan fingerprint density at radius 1 is 1.70 bits per heavy atom. The van der Waals surface area contributed by atoms with Gasteiger partial charge in [-0.05, 0) is 12.0 Å². The third-order valence-corrected chi connectivity index (χ3v) is 1.15. The molecule has 0 saturated heterocycles. The molecule has 0 saturated carbocycles. The maximum atomic E-state index is 5.50. The summed E-state index contributed by atoms with van der Waals surface area (Å²) in [5, 5.41) is 3.79. The van der Waals surface area contributed by atoms with E-state index in [4.69, 9.17) is 5.73 Å². The number of amidine groups is 1. The van der Waals surface area contributed by atoms with Gasteiger partial charge in [0.25, 0.3) is 0 Å². The van der Waals surface area contributed by atoms with Gasteiger partial charge in [0.1, 0.15) is 5.84 Å². The largest absolute Gasteiger partial charge is 0.382 e. The lowest BCUT2D eigenvalue weighted by atomic mass is 10.2. The van der Waals surface area contributed by atoms with Crippen molar-refractivity contribution in [2.24, 2.45) is 10.8 Å². The van der Waals surface area contributed by atoms with Gasteiger partial charge >= 0.3 is 0 Å². The highest BCUT2D eigenvalue weighted by atomic mass is 15.3. The van der Waals surface area contributed by atoms with Crippen molar-refractivity contribution in [2.75, 3.05) is 7.05 Å². The molecule has 0 heterocycles. The summed E-state index contributed by atoms with van der Waals surface area (Å²) in [5.41, 5.74) is 9.01. The second-order valence-corrected chi connectivity index (χ2v) is 2.07. The monoisotopic (exact) mass is 141 g/mol. The first-order valence-corrected chi connectivity index (χ1v) is 3.40. The Kier molecular flexibility index (Phi) is 4.37. The van der Waals surface area contributed by atoms with E-state index in [-0.39, 0.29) is 0 Å². The van der Waals surface area contributed by atoms with Gasteiger partial charge < -0.3 is 11.2 Å². The van der Waals surface area contributed by atoms with Gasteiger partial charge in [-0.25, -0.2) is 0 Å². The predicted octanol–water partition coefficient (Wildman–Crippen LogP) is 0.834. The fraction of sp³-hybridized carbons (Fsp3) is 0.571. The van der Waals surface area contributed by atoms with Crippen LogP contribution in [-0.4, -0.2) is 12.9 Å². The first kappa shape index (κ1) is 9.01. The first-order chi connectivity index (χ1) is 4.72. The predicted molar refractivity (Wildman–Crippen MR) is 44.7 cm³/mol. The molecule has 0 fully saturated rings. The fourth-order valence-corrected chi connectivity index (χ4v) is 0.629. The van der Waals surface area contributed by atoms with E-state index in [1.165, 1.54) is 0 Å². The molecule has 0 aromatic carbocycles. The van der Waals surface area contributed by atoms with Crippen LogP contribution in [0.25, 0.3) is 0 Å². The van der Waals surface area contributed by atoms with Gasteiger partial charge in [-0.1, -0.05) is 19.9 Å². The number of rotatable bonds is 4. The van der Waals surface area contributed by atoms with Crippen molar-refractivity contribution in [3.63, 3.8) is 0 Å². The second kappa shape index (κ2) is 4.85. The van der Waals surface area contributed by atoms with Crippen LogP contribution in [0.2, 0.25) is 0 Å². The third kappa shape index (κ3) is 3.12. The Labute approximate surface area is 62.0 Å². The third-order valence-electron chi connectivity index (χ3n) is 1.15. The van der Waals surface area contributed by atoms with Crippen molar-refractivity contribution in [1.29, 1.82) is 0 Å². The molecule has 10 heavy (non-hydrogen) atoms. The molecule has 0 aliphatic carbocycles. The summed E-state index contributed by atoms with van der Waals surface area (Å²) >= 11 is 0. The average Bonchev–Trinajstić information content (AvgIpc) is 1.89. The highest BCUT2D eigenvalue weighted by Crippen LogP contribution is 1.99. The zero-order valence-corrected chi connectivity index (χ0v) is 6.65. The van der Waals surface area contributed by atoms with Gasteiger partial charge in [0.05, 0.1) is 0 Å². The molecule has 3 N–H and O–H groups in total. The number of hydrazone groups is 1. The van der Waals surface area contributed by atoms with E-state index in [2.05, 4.69) is 24.0 Å². The molecule has 0 amide bonds. The van der Waals surface area contributed by atoms with Gasteiger partial charge in [-0.3, -0.25) is 0 Å². The Bertz CT molecular complexity index is 138. The lowest BCUT2D eigenvalue weighted by Gasteiger charge is -2.01. The number of nitrogens with two attached hydrogens (primary N) is 1. The van der Waals surface area contributed by atoms with Crippen molar-refractivity contribution >= 4 is 5.84 Å². The number of hydrogen-bond donors (Lipinski definition) is 2. The molecule has 58 valence electrons. The van der Waals surface area contributed by atoms with E-state index < -0.39 is 0 Å². The summed E-state index contributed by atoms with van der Waals surface area (Å²) in [4.78, 5) is 0. The molecule has 0 aromatic heterocycles. The normalized spacial score (nSPS) is 11.2. The molecule has 0 unspecified atom stereocenters. The first-order valence-electron chi connectivity index (χ1n) is 3.40. The van der Waals surface area contributed by atoms with Crippen LogP contribution in [-0.2, 0) is 0 Å². The zero-order valence-electron chi connectivity index (χ0n) is 6.65. The highest BCUT2D eigenvalue weighted by molar-refractivity contribution is 5.96. The highest BCUT2D eigenvalue weighted by Gasteiger charge is 1.95. The zero-order chi connectivity index (χ0) is 7.98. The summed E-state index contributed by atoms with van der Waals surface area (Å²) in [6.45, 7) is 5.85. The standard InChI is InChI=1S/C7H15N3/c1-4-5-6(2)7(8)10-9-3/h9H,2,4-5H2,1,3H3,(H2,8,10). The van der Waals surface area contributed by atoms with Gasteiger partial charge in [-0.2, -0.15) is 5.10 Å². The molecule has 0 aliphatic heterocycles. The minimum atomic E-state index is 0.504. The Hall–Kier alpha value is -0.990. The quantitative estimate of drug-likeness (QED) is 0.346. The molecule has 0 spiro atoms. The molecule has 0 radical (unpaired) electrons. The number of nitrogens with zero attached hydrogens (tertiary/aromatic N) is 1. The van der Waals surface area contributed by atoms with E-state index in [9.17, 15) is 0 Å².